The van der Waals surface area contributed by atoms with Crippen LogP contribution in [0.1, 0.15) is 12.5 Å². The number of imidazole rings is 1. The first-order valence-electron chi connectivity index (χ1n) is 8.01. The molecule has 0 spiro atoms. The summed E-state index contributed by atoms with van der Waals surface area (Å²) in [5.74, 6) is -0.656. The molecule has 26 heavy (non-hydrogen) atoms. The van der Waals surface area contributed by atoms with Crippen molar-refractivity contribution in [2.75, 3.05) is 12.4 Å². The van der Waals surface area contributed by atoms with Crippen LogP contribution in [0.15, 0.2) is 41.2 Å². The SMILES string of the molecule is CC(C(=O)Nc1ccc2[nH]c(=O)[nH]c2c1)N(C)Cc1c(F)cccc1Cl. The van der Waals surface area contributed by atoms with Crippen LogP contribution in [0.5, 0.6) is 0 Å². The van der Waals surface area contributed by atoms with Crippen molar-refractivity contribution in [1.82, 2.24) is 14.9 Å². The zero-order valence-corrected chi connectivity index (χ0v) is 15.0. The van der Waals surface area contributed by atoms with E-state index in [9.17, 15) is 14.0 Å². The third-order valence-electron chi connectivity index (χ3n) is 4.29. The lowest BCUT2D eigenvalue weighted by Crippen LogP contribution is -2.39. The summed E-state index contributed by atoms with van der Waals surface area (Å²) < 4.78 is 13.9. The van der Waals surface area contributed by atoms with Crippen LogP contribution in [0.2, 0.25) is 5.02 Å². The quantitative estimate of drug-likeness (QED) is 0.640. The molecular formula is C18H18ClFN4O2. The molecule has 1 unspecified atom stereocenters. The third-order valence-corrected chi connectivity index (χ3v) is 4.65. The number of likely N-dealkylation sites (N-methyl/N-ethyl adjacent to an activating group) is 1. The highest BCUT2D eigenvalue weighted by Crippen LogP contribution is 2.21. The van der Waals surface area contributed by atoms with E-state index in [0.29, 0.717) is 27.3 Å². The van der Waals surface area contributed by atoms with Crippen molar-refractivity contribution in [3.05, 3.63) is 63.3 Å². The Labute approximate surface area is 154 Å². The molecule has 0 saturated heterocycles. The lowest BCUT2D eigenvalue weighted by molar-refractivity contribution is -0.120. The van der Waals surface area contributed by atoms with Crippen LogP contribution in [0.3, 0.4) is 0 Å². The van der Waals surface area contributed by atoms with Crippen molar-refractivity contribution >= 4 is 34.2 Å². The maximum absolute atomic E-state index is 13.9. The number of aromatic amines is 2. The Morgan fingerprint density at radius 3 is 2.73 bits per heavy atom. The van der Waals surface area contributed by atoms with Gasteiger partial charge >= 0.3 is 5.69 Å². The largest absolute Gasteiger partial charge is 0.325 e. The standard InChI is InChI=1S/C18H18ClFN4O2/c1-10(24(2)9-12-13(19)4-3-5-14(12)20)17(25)21-11-6-7-15-16(8-11)23-18(26)22-15/h3-8,10H,9H2,1-2H3,(H,21,25)(H2,22,23,26). The molecule has 0 aliphatic rings. The summed E-state index contributed by atoms with van der Waals surface area (Å²) in [4.78, 5) is 30.8. The third kappa shape index (κ3) is 3.79. The summed E-state index contributed by atoms with van der Waals surface area (Å²) in [6.45, 7) is 1.92. The Kier molecular flexibility index (Phi) is 5.11. The van der Waals surface area contributed by atoms with Gasteiger partial charge in [-0.25, -0.2) is 9.18 Å². The number of aromatic nitrogens is 2. The number of carbonyl (C=O) groups excluding carboxylic acids is 1. The van der Waals surface area contributed by atoms with Crippen molar-refractivity contribution in [3.8, 4) is 0 Å². The van der Waals surface area contributed by atoms with Gasteiger partial charge in [-0.2, -0.15) is 0 Å². The Bertz CT molecular complexity index is 994. The summed E-state index contributed by atoms with van der Waals surface area (Å²) in [6, 6.07) is 9.05. The average molecular weight is 377 g/mol. The Morgan fingerprint density at radius 1 is 1.27 bits per heavy atom. The molecular weight excluding hydrogens is 359 g/mol. The number of hydrogen-bond acceptors (Lipinski definition) is 3. The minimum atomic E-state index is -0.522. The highest BCUT2D eigenvalue weighted by Gasteiger charge is 2.20. The smallest absolute Gasteiger partial charge is 0.323 e. The molecule has 0 bridgehead atoms. The van der Waals surface area contributed by atoms with E-state index >= 15 is 0 Å². The van der Waals surface area contributed by atoms with Gasteiger partial charge in [0.2, 0.25) is 5.91 Å². The van der Waals surface area contributed by atoms with Gasteiger partial charge in [0.15, 0.2) is 0 Å². The topological polar surface area (TPSA) is 81.0 Å². The molecule has 6 nitrogen and oxygen atoms in total. The van der Waals surface area contributed by atoms with Gasteiger partial charge in [0.1, 0.15) is 5.82 Å². The highest BCUT2D eigenvalue weighted by atomic mass is 35.5. The van der Waals surface area contributed by atoms with E-state index in [-0.39, 0.29) is 18.1 Å². The second kappa shape index (κ2) is 7.31. The van der Waals surface area contributed by atoms with E-state index in [4.69, 9.17) is 11.6 Å². The van der Waals surface area contributed by atoms with Gasteiger partial charge in [-0.15, -0.1) is 0 Å². The van der Waals surface area contributed by atoms with Crippen molar-refractivity contribution in [3.63, 3.8) is 0 Å². The Hall–Kier alpha value is -2.64. The lowest BCUT2D eigenvalue weighted by Gasteiger charge is -2.24. The molecule has 8 heteroatoms. The maximum Gasteiger partial charge on any atom is 0.323 e. The van der Waals surface area contributed by atoms with E-state index in [2.05, 4.69) is 15.3 Å². The predicted molar refractivity (Wildman–Crippen MR) is 99.9 cm³/mol. The number of hydrogen-bond donors (Lipinski definition) is 3. The molecule has 0 saturated carbocycles. The molecule has 1 heterocycles. The fraction of sp³-hybridized carbons (Fsp3) is 0.222. The van der Waals surface area contributed by atoms with Crippen LogP contribution in [0, 0.1) is 5.82 Å². The van der Waals surface area contributed by atoms with E-state index in [0.717, 1.165) is 0 Å². The van der Waals surface area contributed by atoms with Crippen LogP contribution in [-0.4, -0.2) is 33.9 Å². The number of anilines is 1. The van der Waals surface area contributed by atoms with E-state index in [1.807, 2.05) is 0 Å². The minimum absolute atomic E-state index is 0.199. The van der Waals surface area contributed by atoms with Crippen molar-refractivity contribution in [1.29, 1.82) is 0 Å². The first-order valence-corrected chi connectivity index (χ1v) is 8.39. The first-order chi connectivity index (χ1) is 12.3. The van der Waals surface area contributed by atoms with E-state index in [1.54, 1.807) is 49.2 Å². The molecule has 2 aromatic carbocycles. The van der Waals surface area contributed by atoms with Gasteiger partial charge in [-0.05, 0) is 44.3 Å². The zero-order chi connectivity index (χ0) is 18.8. The molecule has 1 atom stereocenters. The predicted octanol–water partition coefficient (Wildman–Crippen LogP) is 3.11. The minimum Gasteiger partial charge on any atom is -0.325 e. The molecule has 3 rings (SSSR count). The number of H-pyrrole nitrogens is 2. The van der Waals surface area contributed by atoms with Crippen LogP contribution >= 0.6 is 11.6 Å². The number of nitrogens with one attached hydrogen (secondary N) is 3. The number of benzene rings is 2. The summed E-state index contributed by atoms with van der Waals surface area (Å²) in [6.07, 6.45) is 0. The van der Waals surface area contributed by atoms with Crippen molar-refractivity contribution < 1.29 is 9.18 Å². The van der Waals surface area contributed by atoms with Gasteiger partial charge in [0.25, 0.3) is 0 Å². The van der Waals surface area contributed by atoms with Gasteiger partial charge < -0.3 is 15.3 Å². The molecule has 1 amide bonds. The molecule has 136 valence electrons. The molecule has 3 N–H and O–H groups in total. The number of nitrogens with zero attached hydrogens (tertiary/aromatic N) is 1. The molecule has 0 aliphatic carbocycles. The summed E-state index contributed by atoms with van der Waals surface area (Å²) in [5, 5.41) is 3.12. The lowest BCUT2D eigenvalue weighted by atomic mass is 10.1. The maximum atomic E-state index is 13.9. The monoisotopic (exact) mass is 376 g/mol. The summed E-state index contributed by atoms with van der Waals surface area (Å²) in [7, 11) is 1.72. The average Bonchev–Trinajstić information content (AvgIpc) is 2.96. The normalized spacial score (nSPS) is 12.5. The van der Waals surface area contributed by atoms with Crippen molar-refractivity contribution in [2.45, 2.75) is 19.5 Å². The van der Waals surface area contributed by atoms with Gasteiger partial charge in [-0.3, -0.25) is 9.69 Å². The van der Waals surface area contributed by atoms with Crippen LogP contribution in [0.4, 0.5) is 10.1 Å². The van der Waals surface area contributed by atoms with Crippen LogP contribution < -0.4 is 11.0 Å². The molecule has 0 fully saturated rings. The summed E-state index contributed by atoms with van der Waals surface area (Å²) in [5.41, 5.74) is 1.86. The number of carbonyl (C=O) groups is 1. The Morgan fingerprint density at radius 2 is 2.00 bits per heavy atom. The molecule has 0 radical (unpaired) electrons. The van der Waals surface area contributed by atoms with Crippen LogP contribution in [0.25, 0.3) is 11.0 Å². The highest BCUT2D eigenvalue weighted by molar-refractivity contribution is 6.31. The number of rotatable bonds is 5. The van der Waals surface area contributed by atoms with Crippen LogP contribution in [-0.2, 0) is 11.3 Å². The fourth-order valence-electron chi connectivity index (χ4n) is 2.63. The second-order valence-corrected chi connectivity index (χ2v) is 6.53. The summed E-state index contributed by atoms with van der Waals surface area (Å²) >= 11 is 6.05. The zero-order valence-electron chi connectivity index (χ0n) is 14.3. The van der Waals surface area contributed by atoms with Gasteiger partial charge in [-0.1, -0.05) is 17.7 Å². The van der Waals surface area contributed by atoms with Gasteiger partial charge in [0.05, 0.1) is 17.1 Å². The number of amides is 1. The van der Waals surface area contributed by atoms with E-state index in [1.165, 1.54) is 6.07 Å². The van der Waals surface area contributed by atoms with Crippen molar-refractivity contribution in [2.24, 2.45) is 0 Å². The first kappa shape index (κ1) is 18.2. The van der Waals surface area contributed by atoms with E-state index < -0.39 is 11.9 Å². The molecule has 0 aliphatic heterocycles. The van der Waals surface area contributed by atoms with Gasteiger partial charge in [0, 0.05) is 22.8 Å². The second-order valence-electron chi connectivity index (χ2n) is 6.12. The number of fused-ring (bicyclic) bond motifs is 1. The Balaban J connectivity index is 1.70. The molecule has 3 aromatic rings. The molecule has 1 aromatic heterocycles. The fourth-order valence-corrected chi connectivity index (χ4v) is 2.85. The number of halogens is 2.